The van der Waals surface area contributed by atoms with Gasteiger partial charge in [0, 0.05) is 35.9 Å². The molecule has 5 nitrogen and oxygen atoms in total. The lowest BCUT2D eigenvalue weighted by atomic mass is 10.2. The number of anilines is 1. The normalized spacial score (nSPS) is 11.2. The van der Waals surface area contributed by atoms with Crippen LogP contribution in [0, 0.1) is 13.8 Å². The third-order valence-electron chi connectivity index (χ3n) is 3.85. The largest absolute Gasteiger partial charge is 0.459 e. The van der Waals surface area contributed by atoms with Gasteiger partial charge in [-0.1, -0.05) is 0 Å². The van der Waals surface area contributed by atoms with Gasteiger partial charge >= 0.3 is 0 Å². The van der Waals surface area contributed by atoms with E-state index in [1.807, 2.05) is 42.9 Å². The molecule has 2 aromatic heterocycles. The highest BCUT2D eigenvalue weighted by molar-refractivity contribution is 5.81. The summed E-state index contributed by atoms with van der Waals surface area (Å²) in [6.45, 7) is 4.76. The molecule has 1 aromatic carbocycles. The zero-order valence-corrected chi connectivity index (χ0v) is 12.5. The van der Waals surface area contributed by atoms with Crippen LogP contribution in [0.15, 0.2) is 28.7 Å². The molecule has 0 saturated heterocycles. The van der Waals surface area contributed by atoms with E-state index in [9.17, 15) is 0 Å². The van der Waals surface area contributed by atoms with Gasteiger partial charge in [-0.15, -0.1) is 0 Å². The fraction of sp³-hybridized carbons (Fsp3) is 0.312. The number of benzene rings is 1. The molecule has 3 rings (SSSR count). The molecule has 0 atom stereocenters. The lowest BCUT2D eigenvalue weighted by molar-refractivity contribution is 0.251. The topological polar surface area (TPSA) is 63.2 Å². The monoisotopic (exact) mass is 285 g/mol. The van der Waals surface area contributed by atoms with E-state index in [2.05, 4.69) is 17.3 Å². The van der Waals surface area contributed by atoms with Crippen LogP contribution in [-0.4, -0.2) is 14.9 Å². The van der Waals surface area contributed by atoms with E-state index in [1.54, 1.807) is 0 Å². The van der Waals surface area contributed by atoms with E-state index in [4.69, 9.17) is 9.52 Å². The number of rotatable bonds is 4. The Kier molecular flexibility index (Phi) is 3.43. The fourth-order valence-electron chi connectivity index (χ4n) is 2.55. The van der Waals surface area contributed by atoms with Crippen molar-refractivity contribution in [1.82, 2.24) is 9.78 Å². The van der Waals surface area contributed by atoms with Crippen LogP contribution in [-0.2, 0) is 20.2 Å². The Labute approximate surface area is 123 Å². The molecular weight excluding hydrogens is 266 g/mol. The maximum atomic E-state index is 9.10. The standard InChI is InChI=1S/C16H19N3O2/c1-10-15(11(2)19(3)18-10)8-17-13-4-5-16-12(6-13)7-14(9-20)21-16/h4-7,17,20H,8-9H2,1-3H3. The van der Waals surface area contributed by atoms with E-state index in [-0.39, 0.29) is 6.61 Å². The summed E-state index contributed by atoms with van der Waals surface area (Å²) in [5, 5.41) is 17.9. The number of nitrogens with zero attached hydrogens (tertiary/aromatic N) is 2. The summed E-state index contributed by atoms with van der Waals surface area (Å²) < 4.78 is 7.39. The molecule has 0 aliphatic carbocycles. The first kappa shape index (κ1) is 13.7. The van der Waals surface area contributed by atoms with Gasteiger partial charge < -0.3 is 14.8 Å². The van der Waals surface area contributed by atoms with Gasteiger partial charge in [-0.3, -0.25) is 4.68 Å². The Bertz CT molecular complexity index is 786. The third kappa shape index (κ3) is 2.52. The predicted octanol–water partition coefficient (Wildman–Crippen LogP) is 2.89. The number of aryl methyl sites for hydroxylation is 2. The van der Waals surface area contributed by atoms with E-state index >= 15 is 0 Å². The minimum atomic E-state index is -0.0779. The van der Waals surface area contributed by atoms with Crippen molar-refractivity contribution in [2.75, 3.05) is 5.32 Å². The molecule has 2 N–H and O–H groups in total. The second-order valence-corrected chi connectivity index (χ2v) is 5.25. The number of nitrogens with one attached hydrogen (secondary N) is 1. The molecule has 0 unspecified atom stereocenters. The maximum Gasteiger partial charge on any atom is 0.134 e. The highest BCUT2D eigenvalue weighted by Gasteiger charge is 2.09. The first-order chi connectivity index (χ1) is 10.1. The molecule has 0 fully saturated rings. The van der Waals surface area contributed by atoms with Crippen LogP contribution < -0.4 is 5.32 Å². The van der Waals surface area contributed by atoms with Crippen molar-refractivity contribution < 1.29 is 9.52 Å². The Hall–Kier alpha value is -2.27. The van der Waals surface area contributed by atoms with Crippen LogP contribution in [0.25, 0.3) is 11.0 Å². The molecule has 5 heteroatoms. The first-order valence-electron chi connectivity index (χ1n) is 6.94. The molecular formula is C16H19N3O2. The van der Waals surface area contributed by atoms with Gasteiger partial charge in [0.15, 0.2) is 0 Å². The molecule has 0 spiro atoms. The SMILES string of the molecule is Cc1nn(C)c(C)c1CNc1ccc2oc(CO)cc2c1. The minimum absolute atomic E-state index is 0.0779. The molecule has 2 heterocycles. The average Bonchev–Trinajstić information content (AvgIpc) is 2.98. The zero-order chi connectivity index (χ0) is 15.0. The van der Waals surface area contributed by atoms with Gasteiger partial charge in [-0.2, -0.15) is 5.10 Å². The Morgan fingerprint density at radius 2 is 2.10 bits per heavy atom. The van der Waals surface area contributed by atoms with Crippen LogP contribution in [0.2, 0.25) is 0 Å². The van der Waals surface area contributed by atoms with Crippen molar-refractivity contribution in [2.24, 2.45) is 7.05 Å². The van der Waals surface area contributed by atoms with Crippen LogP contribution in [0.3, 0.4) is 0 Å². The second-order valence-electron chi connectivity index (χ2n) is 5.25. The zero-order valence-electron chi connectivity index (χ0n) is 12.5. The number of furan rings is 1. The molecule has 0 bridgehead atoms. The van der Waals surface area contributed by atoms with Gasteiger partial charge in [0.25, 0.3) is 0 Å². The van der Waals surface area contributed by atoms with E-state index in [1.165, 1.54) is 11.3 Å². The molecule has 110 valence electrons. The summed E-state index contributed by atoms with van der Waals surface area (Å²) in [7, 11) is 1.96. The molecule has 3 aromatic rings. The summed E-state index contributed by atoms with van der Waals surface area (Å²) >= 11 is 0. The Balaban J connectivity index is 1.81. The highest BCUT2D eigenvalue weighted by atomic mass is 16.4. The van der Waals surface area contributed by atoms with Gasteiger partial charge in [0.05, 0.1) is 5.69 Å². The van der Waals surface area contributed by atoms with Gasteiger partial charge in [0.1, 0.15) is 18.0 Å². The highest BCUT2D eigenvalue weighted by Crippen LogP contribution is 2.24. The summed E-state index contributed by atoms with van der Waals surface area (Å²) in [4.78, 5) is 0. The summed E-state index contributed by atoms with van der Waals surface area (Å²) in [6, 6.07) is 7.79. The third-order valence-corrected chi connectivity index (χ3v) is 3.85. The quantitative estimate of drug-likeness (QED) is 0.773. The maximum absolute atomic E-state index is 9.10. The lowest BCUT2D eigenvalue weighted by Gasteiger charge is -2.07. The summed E-state index contributed by atoms with van der Waals surface area (Å²) in [6.07, 6.45) is 0. The molecule has 0 saturated carbocycles. The molecule has 0 amide bonds. The van der Waals surface area contributed by atoms with Gasteiger partial charge in [-0.05, 0) is 38.1 Å². The number of fused-ring (bicyclic) bond motifs is 1. The van der Waals surface area contributed by atoms with Crippen LogP contribution in [0.1, 0.15) is 22.7 Å². The van der Waals surface area contributed by atoms with Crippen LogP contribution >= 0.6 is 0 Å². The van der Waals surface area contributed by atoms with Gasteiger partial charge in [-0.25, -0.2) is 0 Å². The average molecular weight is 285 g/mol. The van der Waals surface area contributed by atoms with Crippen LogP contribution in [0.5, 0.6) is 0 Å². The van der Waals surface area contributed by atoms with Crippen molar-refractivity contribution >= 4 is 16.7 Å². The smallest absolute Gasteiger partial charge is 0.134 e. The van der Waals surface area contributed by atoms with E-state index < -0.39 is 0 Å². The molecule has 0 aliphatic heterocycles. The molecule has 21 heavy (non-hydrogen) atoms. The first-order valence-corrected chi connectivity index (χ1v) is 6.94. The fourth-order valence-corrected chi connectivity index (χ4v) is 2.55. The van der Waals surface area contributed by atoms with Crippen LogP contribution in [0.4, 0.5) is 5.69 Å². The number of hydrogen-bond donors (Lipinski definition) is 2. The van der Waals surface area contributed by atoms with Crippen molar-refractivity contribution in [3.05, 3.63) is 47.0 Å². The number of aliphatic hydroxyl groups is 1. The molecule has 0 aliphatic rings. The number of hydrogen-bond acceptors (Lipinski definition) is 4. The number of aliphatic hydroxyl groups excluding tert-OH is 1. The summed E-state index contributed by atoms with van der Waals surface area (Å²) in [5.74, 6) is 0.584. The lowest BCUT2D eigenvalue weighted by Crippen LogP contribution is -2.02. The van der Waals surface area contributed by atoms with Crippen molar-refractivity contribution in [2.45, 2.75) is 27.0 Å². The van der Waals surface area contributed by atoms with Crippen molar-refractivity contribution in [3.8, 4) is 0 Å². The Morgan fingerprint density at radius 1 is 1.29 bits per heavy atom. The van der Waals surface area contributed by atoms with E-state index in [0.29, 0.717) is 5.76 Å². The number of aromatic nitrogens is 2. The van der Waals surface area contributed by atoms with Crippen molar-refractivity contribution in [3.63, 3.8) is 0 Å². The minimum Gasteiger partial charge on any atom is -0.459 e. The van der Waals surface area contributed by atoms with E-state index in [0.717, 1.165) is 28.9 Å². The Morgan fingerprint density at radius 3 is 2.76 bits per heavy atom. The van der Waals surface area contributed by atoms with Crippen molar-refractivity contribution in [1.29, 1.82) is 0 Å². The van der Waals surface area contributed by atoms with Gasteiger partial charge in [0.2, 0.25) is 0 Å². The predicted molar refractivity (Wildman–Crippen MR) is 82.1 cm³/mol. The second kappa shape index (κ2) is 5.26. The summed E-state index contributed by atoms with van der Waals surface area (Å²) in [5.41, 5.74) is 5.26. The molecule has 0 radical (unpaired) electrons.